The predicted molar refractivity (Wildman–Crippen MR) is 82.1 cm³/mol. The lowest BCUT2D eigenvalue weighted by atomic mass is 10.1. The van der Waals surface area contributed by atoms with Crippen LogP contribution in [0, 0.1) is 0 Å². The molecule has 0 radical (unpaired) electrons. The van der Waals surface area contributed by atoms with Crippen LogP contribution in [0.3, 0.4) is 0 Å². The molecule has 0 aliphatic carbocycles. The number of ether oxygens (including phenoxy) is 4. The second-order valence-electron chi connectivity index (χ2n) is 5.17. The maximum absolute atomic E-state index is 11.0. The third-order valence-corrected chi connectivity index (χ3v) is 2.97. The number of hydrogen-bond donors (Lipinski definition) is 1. The number of epoxide rings is 2. The van der Waals surface area contributed by atoms with Gasteiger partial charge in [0.2, 0.25) is 0 Å². The second-order valence-corrected chi connectivity index (χ2v) is 5.17. The van der Waals surface area contributed by atoms with Gasteiger partial charge in [-0.05, 0) is 20.3 Å². The van der Waals surface area contributed by atoms with Gasteiger partial charge in [-0.1, -0.05) is 12.7 Å². The fourth-order valence-corrected chi connectivity index (χ4v) is 1.34. The van der Waals surface area contributed by atoms with Crippen LogP contribution in [0.1, 0.15) is 20.3 Å². The Balaban J connectivity index is 0.000000248. The molecule has 2 fully saturated rings. The summed E-state index contributed by atoms with van der Waals surface area (Å²) in [5, 5.41) is 8.52. The molecular formula is C16H24O7. The monoisotopic (exact) mass is 328 g/mol. The molecule has 2 unspecified atom stereocenters. The van der Waals surface area contributed by atoms with E-state index in [2.05, 4.69) is 11.3 Å². The summed E-state index contributed by atoms with van der Waals surface area (Å²) < 4.78 is 19.8. The van der Waals surface area contributed by atoms with Crippen LogP contribution in [-0.4, -0.2) is 62.3 Å². The highest BCUT2D eigenvalue weighted by Crippen LogP contribution is 2.12. The minimum Gasteiger partial charge on any atom is -0.478 e. The first-order valence-corrected chi connectivity index (χ1v) is 7.49. The predicted octanol–water partition coefficient (Wildman–Crippen LogP) is 1.33. The molecule has 2 aliphatic heterocycles. The lowest BCUT2D eigenvalue weighted by Gasteiger charge is -2.02. The Hall–Kier alpha value is -1.70. The number of carboxylic acid groups (broad SMARTS) is 1. The zero-order valence-corrected chi connectivity index (χ0v) is 13.6. The minimum absolute atomic E-state index is 0.190. The Morgan fingerprint density at radius 3 is 2.17 bits per heavy atom. The van der Waals surface area contributed by atoms with Gasteiger partial charge in [0.05, 0.1) is 33.0 Å². The first kappa shape index (κ1) is 19.3. The topological polar surface area (TPSA) is 97.9 Å². The quantitative estimate of drug-likeness (QED) is 0.387. The van der Waals surface area contributed by atoms with Gasteiger partial charge in [-0.15, -0.1) is 0 Å². The minimum atomic E-state index is -0.998. The van der Waals surface area contributed by atoms with Crippen LogP contribution in [0.4, 0.5) is 0 Å². The first-order chi connectivity index (χ1) is 10.9. The smallest absolute Gasteiger partial charge is 0.333 e. The van der Waals surface area contributed by atoms with Crippen LogP contribution in [0.5, 0.6) is 0 Å². The molecule has 7 nitrogen and oxygen atoms in total. The first-order valence-electron chi connectivity index (χ1n) is 7.49. The van der Waals surface area contributed by atoms with E-state index in [1.54, 1.807) is 6.92 Å². The molecule has 0 aromatic heterocycles. The molecule has 23 heavy (non-hydrogen) atoms. The van der Waals surface area contributed by atoms with Crippen molar-refractivity contribution in [2.45, 2.75) is 32.5 Å². The molecule has 2 aliphatic rings. The van der Waals surface area contributed by atoms with E-state index in [9.17, 15) is 9.59 Å². The molecule has 0 bridgehead atoms. The molecule has 7 heteroatoms. The third-order valence-electron chi connectivity index (χ3n) is 2.97. The van der Waals surface area contributed by atoms with Gasteiger partial charge in [0.1, 0.15) is 12.2 Å². The zero-order chi connectivity index (χ0) is 17.2. The Morgan fingerprint density at radius 2 is 1.78 bits per heavy atom. The van der Waals surface area contributed by atoms with Crippen LogP contribution in [0.2, 0.25) is 0 Å². The van der Waals surface area contributed by atoms with Gasteiger partial charge < -0.3 is 24.1 Å². The number of esters is 1. The number of hydrogen-bond acceptors (Lipinski definition) is 6. The summed E-state index contributed by atoms with van der Waals surface area (Å²) in [5.74, 6) is -1.48. The van der Waals surface area contributed by atoms with Gasteiger partial charge in [0.15, 0.2) is 0 Å². The van der Waals surface area contributed by atoms with Crippen molar-refractivity contribution >= 4 is 11.9 Å². The molecule has 1 N–H and O–H groups in total. The van der Waals surface area contributed by atoms with Crippen molar-refractivity contribution in [3.8, 4) is 0 Å². The molecule has 2 atom stereocenters. The number of aliphatic carboxylic acids is 1. The largest absolute Gasteiger partial charge is 0.478 e. The van der Waals surface area contributed by atoms with Crippen LogP contribution in [-0.2, 0) is 28.5 Å². The number of carbonyl (C=O) groups excluding carboxylic acids is 1. The summed E-state index contributed by atoms with van der Waals surface area (Å²) in [5.41, 5.74) is 0.447. The summed E-state index contributed by atoms with van der Waals surface area (Å²) in [6.45, 7) is 10.2. The van der Waals surface area contributed by atoms with Gasteiger partial charge in [-0.3, -0.25) is 0 Å². The van der Waals surface area contributed by atoms with Crippen molar-refractivity contribution in [3.63, 3.8) is 0 Å². The number of carbonyl (C=O) groups is 2. The van der Waals surface area contributed by atoms with Crippen molar-refractivity contribution in [1.82, 2.24) is 0 Å². The molecular weight excluding hydrogens is 304 g/mol. The molecule has 2 heterocycles. The van der Waals surface area contributed by atoms with E-state index in [0.29, 0.717) is 18.8 Å². The fourth-order valence-electron chi connectivity index (χ4n) is 1.34. The van der Waals surface area contributed by atoms with Crippen molar-refractivity contribution in [1.29, 1.82) is 0 Å². The second kappa shape index (κ2) is 10.1. The molecule has 0 aromatic carbocycles. The van der Waals surface area contributed by atoms with E-state index in [0.717, 1.165) is 26.4 Å². The molecule has 0 saturated carbocycles. The Morgan fingerprint density at radius 1 is 1.26 bits per heavy atom. The van der Waals surface area contributed by atoms with Gasteiger partial charge in [-0.2, -0.15) is 0 Å². The van der Waals surface area contributed by atoms with E-state index in [4.69, 9.17) is 19.3 Å². The SMILES string of the molecule is C(OCC1CO1)C1CO1.C=C(CC=C(C)C(=O)O)C(=O)OCC. The Kier molecular flexibility index (Phi) is 8.53. The van der Waals surface area contributed by atoms with Crippen LogP contribution in [0.25, 0.3) is 0 Å². The summed E-state index contributed by atoms with van der Waals surface area (Å²) >= 11 is 0. The summed E-state index contributed by atoms with van der Waals surface area (Å²) in [7, 11) is 0. The van der Waals surface area contributed by atoms with E-state index in [1.165, 1.54) is 13.0 Å². The fraction of sp³-hybridized carbons (Fsp3) is 0.625. The van der Waals surface area contributed by atoms with Crippen LogP contribution >= 0.6 is 0 Å². The molecule has 0 amide bonds. The van der Waals surface area contributed by atoms with Crippen LogP contribution in [0.15, 0.2) is 23.8 Å². The lowest BCUT2D eigenvalue weighted by molar-refractivity contribution is -0.138. The maximum atomic E-state index is 11.0. The summed E-state index contributed by atoms with van der Waals surface area (Å²) in [6, 6.07) is 0. The average molecular weight is 328 g/mol. The molecule has 0 spiro atoms. The highest BCUT2D eigenvalue weighted by atomic mass is 16.6. The maximum Gasteiger partial charge on any atom is 0.333 e. The highest BCUT2D eigenvalue weighted by molar-refractivity contribution is 5.89. The molecule has 0 aromatic rings. The van der Waals surface area contributed by atoms with Crippen molar-refractivity contribution in [2.24, 2.45) is 0 Å². The normalized spacial score (nSPS) is 21.7. The van der Waals surface area contributed by atoms with Gasteiger partial charge in [0, 0.05) is 11.1 Å². The lowest BCUT2D eigenvalue weighted by Crippen LogP contribution is -2.06. The van der Waals surface area contributed by atoms with Crippen LogP contribution < -0.4 is 0 Å². The van der Waals surface area contributed by atoms with Crippen molar-refractivity contribution < 1.29 is 33.6 Å². The number of carboxylic acids is 1. The van der Waals surface area contributed by atoms with Gasteiger partial charge in [-0.25, -0.2) is 9.59 Å². The summed E-state index contributed by atoms with van der Waals surface area (Å²) in [6.07, 6.45) is 2.42. The average Bonchev–Trinajstić information content (AvgIpc) is 3.40. The van der Waals surface area contributed by atoms with E-state index >= 15 is 0 Å². The zero-order valence-electron chi connectivity index (χ0n) is 13.6. The van der Waals surface area contributed by atoms with E-state index in [-0.39, 0.29) is 17.6 Å². The summed E-state index contributed by atoms with van der Waals surface area (Å²) in [4.78, 5) is 21.4. The number of allylic oxidation sites excluding steroid dienone is 1. The highest BCUT2D eigenvalue weighted by Gasteiger charge is 2.26. The molecule has 2 rings (SSSR count). The van der Waals surface area contributed by atoms with E-state index in [1.807, 2.05) is 0 Å². The standard InChI is InChI=1S/C10H14O4.C6H10O3/c1-4-14-10(13)8(3)6-5-7(2)9(11)12;1(5-3-8-5)7-2-6-4-9-6/h5H,3-4,6H2,1-2H3,(H,11,12);5-6H,1-4H2. The van der Waals surface area contributed by atoms with E-state index < -0.39 is 11.9 Å². The number of rotatable bonds is 9. The Labute approximate surface area is 135 Å². The molecule has 130 valence electrons. The third kappa shape index (κ3) is 9.83. The van der Waals surface area contributed by atoms with Crippen molar-refractivity contribution in [2.75, 3.05) is 33.0 Å². The Bertz CT molecular complexity index is 435. The van der Waals surface area contributed by atoms with Crippen molar-refractivity contribution in [3.05, 3.63) is 23.8 Å². The molecule has 2 saturated heterocycles. The van der Waals surface area contributed by atoms with Gasteiger partial charge in [0.25, 0.3) is 0 Å². The van der Waals surface area contributed by atoms with Gasteiger partial charge >= 0.3 is 11.9 Å².